The smallest absolute Gasteiger partial charge is 0.257 e. The van der Waals surface area contributed by atoms with E-state index >= 15 is 0 Å². The molecule has 4 nitrogen and oxygen atoms in total. The van der Waals surface area contributed by atoms with Gasteiger partial charge in [0.15, 0.2) is 12.4 Å². The highest BCUT2D eigenvalue weighted by molar-refractivity contribution is 5.94. The van der Waals surface area contributed by atoms with Gasteiger partial charge in [-0.15, -0.1) is 0 Å². The third kappa shape index (κ3) is 3.73. The van der Waals surface area contributed by atoms with Gasteiger partial charge >= 0.3 is 0 Å². The van der Waals surface area contributed by atoms with Crippen molar-refractivity contribution in [2.45, 2.75) is 13.8 Å². The van der Waals surface area contributed by atoms with E-state index in [4.69, 9.17) is 4.74 Å². The van der Waals surface area contributed by atoms with Crippen molar-refractivity contribution in [3.8, 4) is 5.75 Å². The standard InChI is InChI=1S/C12H15NO3/c1-3-13-12(15)8-16-11-6-4-5-10(7-11)9(2)14/h4-7H,3,8H2,1-2H3,(H,13,15). The summed E-state index contributed by atoms with van der Waals surface area (Å²) in [6, 6.07) is 6.78. The molecule has 1 aromatic rings. The van der Waals surface area contributed by atoms with Crippen LogP contribution in [0.2, 0.25) is 0 Å². The molecule has 86 valence electrons. The molecule has 16 heavy (non-hydrogen) atoms. The number of benzene rings is 1. The highest BCUT2D eigenvalue weighted by atomic mass is 16.5. The number of amides is 1. The first-order chi connectivity index (χ1) is 7.63. The van der Waals surface area contributed by atoms with Crippen LogP contribution in [0.15, 0.2) is 24.3 Å². The highest BCUT2D eigenvalue weighted by Crippen LogP contribution is 2.13. The molecule has 0 heterocycles. The highest BCUT2D eigenvalue weighted by Gasteiger charge is 2.03. The fourth-order valence-corrected chi connectivity index (χ4v) is 1.20. The molecular weight excluding hydrogens is 206 g/mol. The van der Waals surface area contributed by atoms with E-state index in [1.54, 1.807) is 24.3 Å². The molecular formula is C12H15NO3. The summed E-state index contributed by atoms with van der Waals surface area (Å²) in [5, 5.41) is 2.62. The van der Waals surface area contributed by atoms with Crippen LogP contribution in [-0.2, 0) is 4.79 Å². The van der Waals surface area contributed by atoms with Gasteiger partial charge in [0.1, 0.15) is 5.75 Å². The molecule has 0 radical (unpaired) electrons. The predicted octanol–water partition coefficient (Wildman–Crippen LogP) is 1.40. The van der Waals surface area contributed by atoms with Gasteiger partial charge in [0, 0.05) is 12.1 Å². The predicted molar refractivity (Wildman–Crippen MR) is 60.6 cm³/mol. The quantitative estimate of drug-likeness (QED) is 0.765. The third-order valence-corrected chi connectivity index (χ3v) is 1.98. The molecule has 0 aliphatic carbocycles. The first kappa shape index (κ1) is 12.2. The molecule has 0 aliphatic rings. The van der Waals surface area contributed by atoms with Crippen molar-refractivity contribution in [2.24, 2.45) is 0 Å². The lowest BCUT2D eigenvalue weighted by molar-refractivity contribution is -0.122. The Bertz CT molecular complexity index is 388. The Morgan fingerprint density at radius 1 is 1.38 bits per heavy atom. The van der Waals surface area contributed by atoms with E-state index in [1.807, 2.05) is 6.92 Å². The number of likely N-dealkylation sites (N-methyl/N-ethyl adjacent to an activating group) is 1. The van der Waals surface area contributed by atoms with E-state index < -0.39 is 0 Å². The monoisotopic (exact) mass is 221 g/mol. The summed E-state index contributed by atoms with van der Waals surface area (Å²) >= 11 is 0. The molecule has 1 aromatic carbocycles. The molecule has 1 amide bonds. The maximum atomic E-state index is 11.1. The first-order valence-corrected chi connectivity index (χ1v) is 5.14. The summed E-state index contributed by atoms with van der Waals surface area (Å²) in [5.41, 5.74) is 0.577. The van der Waals surface area contributed by atoms with E-state index in [9.17, 15) is 9.59 Å². The Labute approximate surface area is 94.6 Å². The Kier molecular flexibility index (Phi) is 4.51. The summed E-state index contributed by atoms with van der Waals surface area (Å²) in [5.74, 6) is 0.332. The summed E-state index contributed by atoms with van der Waals surface area (Å²) in [7, 11) is 0. The van der Waals surface area contributed by atoms with Crippen LogP contribution in [0.1, 0.15) is 24.2 Å². The zero-order valence-corrected chi connectivity index (χ0v) is 9.45. The van der Waals surface area contributed by atoms with Crippen LogP contribution in [0, 0.1) is 0 Å². The molecule has 1 rings (SSSR count). The average molecular weight is 221 g/mol. The number of hydrogen-bond acceptors (Lipinski definition) is 3. The number of rotatable bonds is 5. The molecule has 0 fully saturated rings. The zero-order chi connectivity index (χ0) is 12.0. The van der Waals surface area contributed by atoms with Gasteiger partial charge in [-0.25, -0.2) is 0 Å². The lowest BCUT2D eigenvalue weighted by Gasteiger charge is -2.06. The fraction of sp³-hybridized carbons (Fsp3) is 0.333. The average Bonchev–Trinajstić information content (AvgIpc) is 2.27. The number of Topliss-reactive ketones (excluding diaryl/α,β-unsaturated/α-hetero) is 1. The van der Waals surface area contributed by atoms with E-state index in [0.29, 0.717) is 17.9 Å². The number of ketones is 1. The van der Waals surface area contributed by atoms with Gasteiger partial charge in [0.25, 0.3) is 5.91 Å². The minimum atomic E-state index is -0.171. The summed E-state index contributed by atoms with van der Waals surface area (Å²) in [6.45, 7) is 3.88. The molecule has 0 bridgehead atoms. The lowest BCUT2D eigenvalue weighted by Crippen LogP contribution is -2.28. The molecule has 4 heteroatoms. The van der Waals surface area contributed by atoms with Crippen LogP contribution >= 0.6 is 0 Å². The fourth-order valence-electron chi connectivity index (χ4n) is 1.20. The van der Waals surface area contributed by atoms with Crippen molar-refractivity contribution in [1.29, 1.82) is 0 Å². The molecule has 0 atom stereocenters. The van der Waals surface area contributed by atoms with E-state index in [1.165, 1.54) is 6.92 Å². The number of carbonyl (C=O) groups excluding carboxylic acids is 2. The van der Waals surface area contributed by atoms with E-state index in [2.05, 4.69) is 5.32 Å². The minimum Gasteiger partial charge on any atom is -0.484 e. The van der Waals surface area contributed by atoms with Gasteiger partial charge in [-0.3, -0.25) is 9.59 Å². The maximum Gasteiger partial charge on any atom is 0.257 e. The van der Waals surface area contributed by atoms with Gasteiger partial charge in [-0.05, 0) is 26.0 Å². The maximum absolute atomic E-state index is 11.1. The molecule has 0 unspecified atom stereocenters. The minimum absolute atomic E-state index is 0.0246. The molecule has 0 aromatic heterocycles. The lowest BCUT2D eigenvalue weighted by atomic mass is 10.1. The Hall–Kier alpha value is -1.84. The van der Waals surface area contributed by atoms with Crippen molar-refractivity contribution in [3.63, 3.8) is 0 Å². The second kappa shape index (κ2) is 5.90. The Balaban J connectivity index is 2.57. The van der Waals surface area contributed by atoms with Crippen LogP contribution in [0.4, 0.5) is 0 Å². The van der Waals surface area contributed by atoms with Crippen LogP contribution in [0.25, 0.3) is 0 Å². The normalized spacial score (nSPS) is 9.62. The van der Waals surface area contributed by atoms with Crippen LogP contribution in [0.5, 0.6) is 5.75 Å². The Morgan fingerprint density at radius 2 is 2.12 bits per heavy atom. The van der Waals surface area contributed by atoms with Gasteiger partial charge < -0.3 is 10.1 Å². The van der Waals surface area contributed by atoms with Crippen LogP contribution in [-0.4, -0.2) is 24.8 Å². The number of ether oxygens (including phenoxy) is 1. The van der Waals surface area contributed by atoms with Crippen molar-refractivity contribution in [3.05, 3.63) is 29.8 Å². The van der Waals surface area contributed by atoms with Crippen molar-refractivity contribution >= 4 is 11.7 Å². The van der Waals surface area contributed by atoms with Crippen LogP contribution < -0.4 is 10.1 Å². The van der Waals surface area contributed by atoms with Crippen LogP contribution in [0.3, 0.4) is 0 Å². The molecule has 0 saturated carbocycles. The topological polar surface area (TPSA) is 55.4 Å². The number of nitrogens with one attached hydrogen (secondary N) is 1. The second-order valence-electron chi connectivity index (χ2n) is 3.33. The van der Waals surface area contributed by atoms with E-state index in [0.717, 1.165) is 0 Å². The Morgan fingerprint density at radius 3 is 2.75 bits per heavy atom. The first-order valence-electron chi connectivity index (χ1n) is 5.14. The molecule has 0 spiro atoms. The largest absolute Gasteiger partial charge is 0.484 e. The molecule has 1 N–H and O–H groups in total. The SMILES string of the molecule is CCNC(=O)COc1cccc(C(C)=O)c1. The van der Waals surface area contributed by atoms with Gasteiger partial charge in [-0.1, -0.05) is 12.1 Å². The molecule has 0 aliphatic heterocycles. The van der Waals surface area contributed by atoms with Gasteiger partial charge in [0.05, 0.1) is 0 Å². The second-order valence-corrected chi connectivity index (χ2v) is 3.33. The number of hydrogen-bond donors (Lipinski definition) is 1. The van der Waals surface area contributed by atoms with Crippen molar-refractivity contribution < 1.29 is 14.3 Å². The molecule has 0 saturated heterocycles. The summed E-state index contributed by atoms with van der Waals surface area (Å²) < 4.78 is 5.25. The summed E-state index contributed by atoms with van der Waals surface area (Å²) in [4.78, 5) is 22.2. The summed E-state index contributed by atoms with van der Waals surface area (Å²) in [6.07, 6.45) is 0. The zero-order valence-electron chi connectivity index (χ0n) is 9.45. The van der Waals surface area contributed by atoms with E-state index in [-0.39, 0.29) is 18.3 Å². The van der Waals surface area contributed by atoms with Crippen molar-refractivity contribution in [2.75, 3.05) is 13.2 Å². The van der Waals surface area contributed by atoms with Gasteiger partial charge in [-0.2, -0.15) is 0 Å². The third-order valence-electron chi connectivity index (χ3n) is 1.98. The van der Waals surface area contributed by atoms with Gasteiger partial charge in [0.2, 0.25) is 0 Å². The van der Waals surface area contributed by atoms with Crippen molar-refractivity contribution in [1.82, 2.24) is 5.32 Å². The number of carbonyl (C=O) groups is 2.